The van der Waals surface area contributed by atoms with Crippen molar-refractivity contribution in [2.24, 2.45) is 5.73 Å². The highest BCUT2D eigenvalue weighted by Crippen LogP contribution is 2.29. The van der Waals surface area contributed by atoms with Crippen molar-refractivity contribution in [3.05, 3.63) is 35.4 Å². The summed E-state index contributed by atoms with van der Waals surface area (Å²) in [5, 5.41) is 3.11. The number of rotatable bonds is 5. The van der Waals surface area contributed by atoms with Crippen LogP contribution in [0.3, 0.4) is 0 Å². The average molecular weight is 278 g/mol. The molecule has 1 aromatic rings. The van der Waals surface area contributed by atoms with Gasteiger partial charge in [-0.15, -0.1) is 0 Å². The van der Waals surface area contributed by atoms with E-state index in [1.54, 1.807) is 11.8 Å². The first-order valence-electron chi connectivity index (χ1n) is 6.85. The summed E-state index contributed by atoms with van der Waals surface area (Å²) in [4.78, 5) is 12.1. The van der Waals surface area contributed by atoms with Crippen molar-refractivity contribution in [3.63, 3.8) is 0 Å². The van der Waals surface area contributed by atoms with E-state index >= 15 is 0 Å². The molecule has 0 bridgehead atoms. The van der Waals surface area contributed by atoms with Gasteiger partial charge in [0, 0.05) is 0 Å². The van der Waals surface area contributed by atoms with Gasteiger partial charge in [-0.2, -0.15) is 11.8 Å². The molecule has 104 valence electrons. The highest BCUT2D eigenvalue weighted by Gasteiger charge is 2.23. The zero-order chi connectivity index (χ0) is 13.7. The molecule has 0 fully saturated rings. The van der Waals surface area contributed by atoms with Crippen LogP contribution in [0.4, 0.5) is 0 Å². The number of fused-ring (bicyclic) bond motifs is 1. The lowest BCUT2D eigenvalue weighted by Gasteiger charge is -2.27. The van der Waals surface area contributed by atoms with Crippen LogP contribution in [-0.4, -0.2) is 24.0 Å². The lowest BCUT2D eigenvalue weighted by molar-refractivity contribution is -0.123. The SMILES string of the molecule is CSCC[C@@H](N)C(=O)NC1CCCc2ccccc21. The van der Waals surface area contributed by atoms with E-state index in [9.17, 15) is 4.79 Å². The Bertz CT molecular complexity index is 436. The third-order valence-corrected chi connectivity index (χ3v) is 4.30. The molecule has 1 aliphatic carbocycles. The number of aryl methyl sites for hydroxylation is 1. The fraction of sp³-hybridized carbons (Fsp3) is 0.533. The van der Waals surface area contributed by atoms with Crippen LogP contribution in [0.1, 0.15) is 36.4 Å². The number of benzene rings is 1. The van der Waals surface area contributed by atoms with Gasteiger partial charge in [0.05, 0.1) is 12.1 Å². The second-order valence-corrected chi connectivity index (χ2v) is 6.03. The summed E-state index contributed by atoms with van der Waals surface area (Å²) in [5.41, 5.74) is 8.54. The monoisotopic (exact) mass is 278 g/mol. The van der Waals surface area contributed by atoms with Gasteiger partial charge < -0.3 is 11.1 Å². The van der Waals surface area contributed by atoms with E-state index in [4.69, 9.17) is 5.73 Å². The summed E-state index contributed by atoms with van der Waals surface area (Å²) in [7, 11) is 0. The Hall–Kier alpha value is -1.00. The van der Waals surface area contributed by atoms with Gasteiger partial charge in [0.15, 0.2) is 0 Å². The lowest BCUT2D eigenvalue weighted by atomic mass is 9.87. The first kappa shape index (κ1) is 14.4. The number of carbonyl (C=O) groups excluding carboxylic acids is 1. The highest BCUT2D eigenvalue weighted by molar-refractivity contribution is 7.98. The van der Waals surface area contributed by atoms with Crippen LogP contribution in [0.2, 0.25) is 0 Å². The van der Waals surface area contributed by atoms with Gasteiger partial charge >= 0.3 is 0 Å². The minimum absolute atomic E-state index is 0.0178. The summed E-state index contributed by atoms with van der Waals surface area (Å²) < 4.78 is 0. The molecular weight excluding hydrogens is 256 g/mol. The predicted octanol–water partition coefficient (Wildman–Crippen LogP) is 2.26. The molecule has 0 aliphatic heterocycles. The number of hydrogen-bond acceptors (Lipinski definition) is 3. The highest BCUT2D eigenvalue weighted by atomic mass is 32.2. The predicted molar refractivity (Wildman–Crippen MR) is 81.2 cm³/mol. The number of thioether (sulfide) groups is 1. The van der Waals surface area contributed by atoms with E-state index < -0.39 is 0 Å². The molecule has 1 aromatic carbocycles. The number of carbonyl (C=O) groups is 1. The Morgan fingerprint density at radius 1 is 1.53 bits per heavy atom. The van der Waals surface area contributed by atoms with E-state index in [0.717, 1.165) is 31.4 Å². The standard InChI is InChI=1S/C15H22N2OS/c1-19-10-9-13(16)15(18)17-14-8-4-6-11-5-2-3-7-12(11)14/h2-3,5,7,13-14H,4,6,8-10,16H2,1H3,(H,17,18)/t13-,14?/m1/s1. The topological polar surface area (TPSA) is 55.1 Å². The zero-order valence-corrected chi connectivity index (χ0v) is 12.2. The summed E-state index contributed by atoms with van der Waals surface area (Å²) >= 11 is 1.72. The van der Waals surface area contributed by atoms with E-state index in [0.29, 0.717) is 0 Å². The Kier molecular flexibility index (Phi) is 5.28. The Balaban J connectivity index is 1.98. The minimum Gasteiger partial charge on any atom is -0.348 e. The van der Waals surface area contributed by atoms with Crippen molar-refractivity contribution < 1.29 is 4.79 Å². The molecule has 0 aromatic heterocycles. The van der Waals surface area contributed by atoms with Gasteiger partial charge in [-0.25, -0.2) is 0 Å². The molecule has 0 heterocycles. The van der Waals surface area contributed by atoms with Crippen LogP contribution in [0.15, 0.2) is 24.3 Å². The van der Waals surface area contributed by atoms with E-state index in [2.05, 4.69) is 23.5 Å². The van der Waals surface area contributed by atoms with Crippen LogP contribution in [0, 0.1) is 0 Å². The molecule has 2 rings (SSSR count). The molecule has 0 saturated carbocycles. The van der Waals surface area contributed by atoms with E-state index in [1.165, 1.54) is 11.1 Å². The molecule has 1 unspecified atom stereocenters. The Morgan fingerprint density at radius 3 is 3.11 bits per heavy atom. The second-order valence-electron chi connectivity index (χ2n) is 5.04. The first-order valence-corrected chi connectivity index (χ1v) is 8.24. The Labute approximate surface area is 119 Å². The van der Waals surface area contributed by atoms with Gasteiger partial charge in [0.1, 0.15) is 0 Å². The quantitative estimate of drug-likeness (QED) is 0.868. The third-order valence-electron chi connectivity index (χ3n) is 3.66. The number of nitrogens with one attached hydrogen (secondary N) is 1. The van der Waals surface area contributed by atoms with Gasteiger partial charge in [-0.3, -0.25) is 4.79 Å². The maximum absolute atomic E-state index is 12.1. The van der Waals surface area contributed by atoms with Crippen LogP contribution in [0.5, 0.6) is 0 Å². The maximum Gasteiger partial charge on any atom is 0.237 e. The smallest absolute Gasteiger partial charge is 0.237 e. The fourth-order valence-electron chi connectivity index (χ4n) is 2.56. The van der Waals surface area contributed by atoms with Gasteiger partial charge in [-0.1, -0.05) is 24.3 Å². The second kappa shape index (κ2) is 6.96. The van der Waals surface area contributed by atoms with Crippen LogP contribution in [0.25, 0.3) is 0 Å². The first-order chi connectivity index (χ1) is 9.22. The van der Waals surface area contributed by atoms with E-state index in [1.807, 2.05) is 12.3 Å². The lowest BCUT2D eigenvalue weighted by Crippen LogP contribution is -2.43. The molecule has 0 radical (unpaired) electrons. The minimum atomic E-state index is -0.387. The number of nitrogens with two attached hydrogens (primary N) is 1. The molecule has 3 N–H and O–H groups in total. The summed E-state index contributed by atoms with van der Waals surface area (Å²) in [6, 6.07) is 8.12. The van der Waals surface area contributed by atoms with Crippen molar-refractivity contribution >= 4 is 17.7 Å². The van der Waals surface area contributed by atoms with Crippen molar-refractivity contribution in [3.8, 4) is 0 Å². The zero-order valence-electron chi connectivity index (χ0n) is 11.4. The molecular formula is C15H22N2OS. The molecule has 4 heteroatoms. The third kappa shape index (κ3) is 3.74. The molecule has 3 nitrogen and oxygen atoms in total. The molecule has 0 saturated heterocycles. The molecule has 19 heavy (non-hydrogen) atoms. The van der Waals surface area contributed by atoms with Gasteiger partial charge in [0.2, 0.25) is 5.91 Å². The average Bonchev–Trinajstić information content (AvgIpc) is 2.45. The normalized spacial score (nSPS) is 19.6. The molecule has 2 atom stereocenters. The maximum atomic E-state index is 12.1. The van der Waals surface area contributed by atoms with Gasteiger partial charge in [0.25, 0.3) is 0 Å². The van der Waals surface area contributed by atoms with Crippen molar-refractivity contribution in [2.75, 3.05) is 12.0 Å². The van der Waals surface area contributed by atoms with Gasteiger partial charge in [-0.05, 0) is 48.8 Å². The molecule has 1 aliphatic rings. The molecule has 0 spiro atoms. The van der Waals surface area contributed by atoms with Crippen molar-refractivity contribution in [1.29, 1.82) is 0 Å². The van der Waals surface area contributed by atoms with Crippen LogP contribution < -0.4 is 11.1 Å². The van der Waals surface area contributed by atoms with Crippen LogP contribution >= 0.6 is 11.8 Å². The largest absolute Gasteiger partial charge is 0.348 e. The summed E-state index contributed by atoms with van der Waals surface area (Å²) in [5.74, 6) is 0.909. The number of amides is 1. The van der Waals surface area contributed by atoms with E-state index in [-0.39, 0.29) is 18.0 Å². The molecule has 1 amide bonds. The fourth-order valence-corrected chi connectivity index (χ4v) is 3.05. The number of hydrogen-bond donors (Lipinski definition) is 2. The van der Waals surface area contributed by atoms with Crippen molar-refractivity contribution in [2.45, 2.75) is 37.8 Å². The van der Waals surface area contributed by atoms with Crippen LogP contribution in [-0.2, 0) is 11.2 Å². The Morgan fingerprint density at radius 2 is 2.32 bits per heavy atom. The summed E-state index contributed by atoms with van der Waals surface area (Å²) in [6.45, 7) is 0. The van der Waals surface area contributed by atoms with Crippen molar-refractivity contribution in [1.82, 2.24) is 5.32 Å². The summed E-state index contributed by atoms with van der Waals surface area (Å²) in [6.07, 6.45) is 6.02.